The van der Waals surface area contributed by atoms with Gasteiger partial charge in [0.05, 0.1) is 4.90 Å². The minimum Gasteiger partial charge on any atom is -0.267 e. The molecule has 0 aliphatic heterocycles. The zero-order valence-electron chi connectivity index (χ0n) is 22.3. The average Bonchev–Trinajstić information content (AvgIpc) is 2.95. The summed E-state index contributed by atoms with van der Waals surface area (Å²) in [4.78, 5) is 42.2. The number of rotatable bonds is 5. The summed E-state index contributed by atoms with van der Waals surface area (Å²) >= 11 is 18.1. The Kier molecular flexibility index (Phi) is 9.34. The molecule has 0 saturated carbocycles. The monoisotopic (exact) mass is 626 g/mol. The Hall–Kier alpha value is -3.49. The summed E-state index contributed by atoms with van der Waals surface area (Å²) in [6, 6.07) is 24.2. The number of carbonyl (C=O) groups excluding carboxylic acids is 3. The van der Waals surface area contributed by atoms with Gasteiger partial charge in [-0.1, -0.05) is 67.7 Å². The zero-order valence-corrected chi connectivity index (χ0v) is 25.4. The third-order valence-electron chi connectivity index (χ3n) is 6.09. The van der Waals surface area contributed by atoms with Gasteiger partial charge in [-0.3, -0.25) is 14.4 Å². The predicted molar refractivity (Wildman–Crippen MR) is 163 cm³/mol. The molecule has 1 unspecified atom stereocenters. The van der Waals surface area contributed by atoms with Crippen LogP contribution in [0.15, 0.2) is 102 Å². The summed E-state index contributed by atoms with van der Waals surface area (Å²) in [6.45, 7) is 6.10. The number of carbonyl (C=O) groups is 3. The highest BCUT2D eigenvalue weighted by Gasteiger charge is 2.38. The fourth-order valence-electron chi connectivity index (χ4n) is 3.80. The van der Waals surface area contributed by atoms with Crippen LogP contribution in [0.5, 0.6) is 0 Å². The van der Waals surface area contributed by atoms with E-state index in [1.54, 1.807) is 24.3 Å². The number of halogens is 3. The van der Waals surface area contributed by atoms with Crippen LogP contribution < -0.4 is 0 Å². The Bertz CT molecular complexity index is 1540. The molecule has 0 spiro atoms. The van der Waals surface area contributed by atoms with Crippen LogP contribution >= 0.6 is 34.8 Å². The molecule has 3 amide bonds. The van der Waals surface area contributed by atoms with Crippen LogP contribution in [0.4, 0.5) is 0 Å². The number of hydrazine groups is 1. The Morgan fingerprint density at radius 1 is 0.561 bits per heavy atom. The van der Waals surface area contributed by atoms with Gasteiger partial charge in [0, 0.05) is 31.8 Å². The summed E-state index contributed by atoms with van der Waals surface area (Å²) in [5.74, 6) is -2.63. The van der Waals surface area contributed by atoms with Crippen molar-refractivity contribution in [2.24, 2.45) is 0 Å². The smallest absolute Gasteiger partial charge is 0.267 e. The maximum Gasteiger partial charge on any atom is 0.285 e. The van der Waals surface area contributed by atoms with Crippen molar-refractivity contribution >= 4 is 63.5 Å². The van der Waals surface area contributed by atoms with Gasteiger partial charge in [0.25, 0.3) is 17.7 Å². The second-order valence-electron chi connectivity index (χ2n) is 10.0. The van der Waals surface area contributed by atoms with Crippen molar-refractivity contribution in [3.8, 4) is 0 Å². The molecule has 0 radical (unpaired) electrons. The normalized spacial score (nSPS) is 12.0. The van der Waals surface area contributed by atoms with Crippen molar-refractivity contribution in [2.75, 3.05) is 0 Å². The second-order valence-corrected chi connectivity index (χ2v) is 12.7. The molecule has 0 fully saturated rings. The van der Waals surface area contributed by atoms with Crippen molar-refractivity contribution in [1.82, 2.24) is 9.42 Å². The van der Waals surface area contributed by atoms with Crippen molar-refractivity contribution < 1.29 is 18.6 Å². The number of nitrogens with zero attached hydrogens (tertiary/aromatic N) is 2. The Labute approximate surface area is 256 Å². The van der Waals surface area contributed by atoms with Gasteiger partial charge in [-0.2, -0.15) is 5.01 Å². The molecule has 6 nitrogen and oxygen atoms in total. The van der Waals surface area contributed by atoms with Gasteiger partial charge in [0.15, 0.2) is 11.0 Å². The first-order chi connectivity index (χ1) is 19.4. The summed E-state index contributed by atoms with van der Waals surface area (Å²) < 4.78 is 14.9. The highest BCUT2D eigenvalue weighted by molar-refractivity contribution is 7.83. The standard InChI is InChI=1S/C31H25Cl3N2O4S/c1-31(2,3)23-10-18-27(19-11-23)41(40)36(30(39)22-8-16-26(34)17-9-22)35(28(37)20-4-12-24(32)13-5-20)29(38)21-6-14-25(33)15-7-21/h4-19H,1-3H3. The Balaban J connectivity index is 1.90. The van der Waals surface area contributed by atoms with E-state index < -0.39 is 28.7 Å². The van der Waals surface area contributed by atoms with E-state index in [1.807, 2.05) is 20.8 Å². The van der Waals surface area contributed by atoms with Gasteiger partial charge in [0.2, 0.25) is 0 Å². The molecule has 0 aliphatic carbocycles. The molecule has 0 aromatic heterocycles. The van der Waals surface area contributed by atoms with E-state index in [0.717, 1.165) is 5.56 Å². The molecule has 1 atom stereocenters. The lowest BCUT2D eigenvalue weighted by Gasteiger charge is -2.32. The van der Waals surface area contributed by atoms with E-state index in [2.05, 4.69) is 0 Å². The van der Waals surface area contributed by atoms with Crippen LogP contribution in [-0.2, 0) is 16.4 Å². The van der Waals surface area contributed by atoms with Gasteiger partial charge in [-0.25, -0.2) is 4.21 Å². The van der Waals surface area contributed by atoms with E-state index in [9.17, 15) is 18.6 Å². The molecule has 0 N–H and O–H groups in total. The molecule has 0 saturated heterocycles. The molecule has 0 aliphatic rings. The second kappa shape index (κ2) is 12.6. The lowest BCUT2D eigenvalue weighted by Crippen LogP contribution is -2.53. The lowest BCUT2D eigenvalue weighted by molar-refractivity contribution is 0.0269. The first kappa shape index (κ1) is 30.5. The van der Waals surface area contributed by atoms with E-state index in [-0.39, 0.29) is 27.0 Å². The molecule has 41 heavy (non-hydrogen) atoms. The third kappa shape index (κ3) is 7.05. The summed E-state index contributed by atoms with van der Waals surface area (Å²) in [5, 5.41) is 1.71. The Morgan fingerprint density at radius 3 is 1.24 bits per heavy atom. The molecule has 0 heterocycles. The molecule has 10 heteroatoms. The van der Waals surface area contributed by atoms with E-state index >= 15 is 0 Å². The van der Waals surface area contributed by atoms with Crippen molar-refractivity contribution in [3.05, 3.63) is 134 Å². The fraction of sp³-hybridized carbons (Fsp3) is 0.129. The highest BCUT2D eigenvalue weighted by atomic mass is 35.5. The van der Waals surface area contributed by atoms with Crippen LogP contribution in [-0.4, -0.2) is 31.4 Å². The van der Waals surface area contributed by atoms with Gasteiger partial charge in [-0.05, 0) is 95.9 Å². The third-order valence-corrected chi connectivity index (χ3v) is 8.17. The van der Waals surface area contributed by atoms with Crippen LogP contribution in [0.3, 0.4) is 0 Å². The lowest BCUT2D eigenvalue weighted by atomic mass is 9.87. The predicted octanol–water partition coefficient (Wildman–Crippen LogP) is 8.01. The van der Waals surface area contributed by atoms with Crippen molar-refractivity contribution in [2.45, 2.75) is 31.1 Å². The number of imide groups is 1. The maximum absolute atomic E-state index is 14.2. The number of benzene rings is 4. The minimum atomic E-state index is -2.34. The van der Waals surface area contributed by atoms with E-state index in [1.165, 1.54) is 72.8 Å². The average molecular weight is 628 g/mol. The first-order valence-corrected chi connectivity index (χ1v) is 14.6. The topological polar surface area (TPSA) is 74.8 Å². The summed E-state index contributed by atoms with van der Waals surface area (Å²) in [6.07, 6.45) is 0. The minimum absolute atomic E-state index is 0.0469. The molecule has 4 aromatic carbocycles. The first-order valence-electron chi connectivity index (χ1n) is 12.4. The van der Waals surface area contributed by atoms with Crippen molar-refractivity contribution in [3.63, 3.8) is 0 Å². The molecule has 0 bridgehead atoms. The number of amides is 3. The van der Waals surface area contributed by atoms with E-state index in [4.69, 9.17) is 34.8 Å². The van der Waals surface area contributed by atoms with Crippen LogP contribution in [0.1, 0.15) is 57.4 Å². The van der Waals surface area contributed by atoms with Crippen LogP contribution in [0.2, 0.25) is 15.1 Å². The zero-order chi connectivity index (χ0) is 29.9. The van der Waals surface area contributed by atoms with Gasteiger partial charge in [0.1, 0.15) is 0 Å². The molecular formula is C31H25Cl3N2O4S. The van der Waals surface area contributed by atoms with Gasteiger partial charge < -0.3 is 0 Å². The van der Waals surface area contributed by atoms with Crippen LogP contribution in [0.25, 0.3) is 0 Å². The quantitative estimate of drug-likeness (QED) is 0.166. The molecule has 210 valence electrons. The van der Waals surface area contributed by atoms with Gasteiger partial charge in [-0.15, -0.1) is 4.41 Å². The summed E-state index contributed by atoms with van der Waals surface area (Å²) in [7, 11) is -2.34. The number of hydrogen-bond donors (Lipinski definition) is 0. The van der Waals surface area contributed by atoms with E-state index in [0.29, 0.717) is 24.5 Å². The number of hydrogen-bond acceptors (Lipinski definition) is 4. The maximum atomic E-state index is 14.2. The van der Waals surface area contributed by atoms with Crippen LogP contribution in [0, 0.1) is 0 Å². The molecular weight excluding hydrogens is 603 g/mol. The fourth-order valence-corrected chi connectivity index (χ4v) is 5.30. The van der Waals surface area contributed by atoms with Crippen molar-refractivity contribution in [1.29, 1.82) is 0 Å². The largest absolute Gasteiger partial charge is 0.285 e. The Morgan fingerprint density at radius 2 is 0.902 bits per heavy atom. The summed E-state index contributed by atoms with van der Waals surface area (Å²) in [5.41, 5.74) is 0.948. The SMILES string of the molecule is CC(C)(C)c1ccc(S(=O)N(C(=O)c2ccc(Cl)cc2)N(C(=O)c2ccc(Cl)cc2)C(=O)c2ccc(Cl)cc2)cc1. The molecule has 4 aromatic rings. The highest BCUT2D eigenvalue weighted by Crippen LogP contribution is 2.27. The van der Waals surface area contributed by atoms with Gasteiger partial charge >= 0.3 is 0 Å². The molecule has 4 rings (SSSR count).